The summed E-state index contributed by atoms with van der Waals surface area (Å²) in [7, 11) is 0. The average Bonchev–Trinajstić information content (AvgIpc) is 2.61. The van der Waals surface area contributed by atoms with E-state index in [1.807, 2.05) is 18.2 Å². The molecule has 1 aliphatic heterocycles. The zero-order valence-corrected chi connectivity index (χ0v) is 9.81. The molecule has 1 fully saturated rings. The Kier molecular flexibility index (Phi) is 3.05. The SMILES string of the molecule is O=C1C[C@@H](c2ccccc2)[C@@H](CI)O1. The summed E-state index contributed by atoms with van der Waals surface area (Å²) >= 11 is 2.26. The number of alkyl halides is 1. The quantitative estimate of drug-likeness (QED) is 0.477. The van der Waals surface area contributed by atoms with Crippen LogP contribution < -0.4 is 0 Å². The van der Waals surface area contributed by atoms with Crippen molar-refractivity contribution < 1.29 is 9.53 Å². The Labute approximate surface area is 96.8 Å². The predicted molar refractivity (Wildman–Crippen MR) is 62.6 cm³/mol. The summed E-state index contributed by atoms with van der Waals surface area (Å²) in [6, 6.07) is 10.1. The van der Waals surface area contributed by atoms with Crippen LogP contribution in [0.5, 0.6) is 0 Å². The van der Waals surface area contributed by atoms with Crippen LogP contribution in [-0.4, -0.2) is 16.5 Å². The monoisotopic (exact) mass is 302 g/mol. The number of rotatable bonds is 2. The highest BCUT2D eigenvalue weighted by Crippen LogP contribution is 2.32. The summed E-state index contributed by atoms with van der Waals surface area (Å²) in [5.74, 6) is 0.182. The lowest BCUT2D eigenvalue weighted by molar-refractivity contribution is -0.140. The molecule has 0 bridgehead atoms. The van der Waals surface area contributed by atoms with Gasteiger partial charge in [-0.2, -0.15) is 0 Å². The Balaban J connectivity index is 2.22. The van der Waals surface area contributed by atoms with Crippen molar-refractivity contribution in [3.8, 4) is 0 Å². The molecular formula is C11H11IO2. The van der Waals surface area contributed by atoms with E-state index in [4.69, 9.17) is 4.74 Å². The second kappa shape index (κ2) is 4.29. The van der Waals surface area contributed by atoms with Gasteiger partial charge in [0.15, 0.2) is 0 Å². The second-order valence-electron chi connectivity index (χ2n) is 3.40. The molecule has 0 aromatic heterocycles. The lowest BCUT2D eigenvalue weighted by Crippen LogP contribution is -2.15. The van der Waals surface area contributed by atoms with Gasteiger partial charge in [-0.15, -0.1) is 0 Å². The lowest BCUT2D eigenvalue weighted by atomic mass is 9.93. The largest absolute Gasteiger partial charge is 0.461 e. The summed E-state index contributed by atoms with van der Waals surface area (Å²) in [6.45, 7) is 0. The van der Waals surface area contributed by atoms with Crippen molar-refractivity contribution >= 4 is 28.6 Å². The number of halogens is 1. The van der Waals surface area contributed by atoms with Gasteiger partial charge in [0.05, 0.1) is 6.42 Å². The van der Waals surface area contributed by atoms with Crippen molar-refractivity contribution in [1.82, 2.24) is 0 Å². The van der Waals surface area contributed by atoms with E-state index in [0.717, 1.165) is 4.43 Å². The summed E-state index contributed by atoms with van der Waals surface area (Å²) in [5.41, 5.74) is 1.21. The molecule has 0 unspecified atom stereocenters. The Bertz CT molecular complexity index is 323. The molecular weight excluding hydrogens is 291 g/mol. The molecule has 0 spiro atoms. The molecule has 1 saturated heterocycles. The van der Waals surface area contributed by atoms with Crippen LogP contribution in [0.1, 0.15) is 17.9 Å². The summed E-state index contributed by atoms with van der Waals surface area (Å²) in [4.78, 5) is 11.2. The van der Waals surface area contributed by atoms with Crippen molar-refractivity contribution in [1.29, 1.82) is 0 Å². The maximum Gasteiger partial charge on any atom is 0.306 e. The van der Waals surface area contributed by atoms with Crippen LogP contribution in [0.25, 0.3) is 0 Å². The van der Waals surface area contributed by atoms with E-state index in [9.17, 15) is 4.79 Å². The predicted octanol–water partition coefficient (Wildman–Crippen LogP) is 2.52. The number of hydrogen-bond donors (Lipinski definition) is 0. The minimum absolute atomic E-state index is 0.0606. The molecule has 2 rings (SSSR count). The molecule has 1 heterocycles. The van der Waals surface area contributed by atoms with Crippen LogP contribution >= 0.6 is 22.6 Å². The highest BCUT2D eigenvalue weighted by atomic mass is 127. The maximum absolute atomic E-state index is 11.2. The first-order valence-corrected chi connectivity index (χ1v) is 6.14. The molecule has 1 aromatic rings. The number of carbonyl (C=O) groups excluding carboxylic acids is 1. The minimum Gasteiger partial charge on any atom is -0.461 e. The van der Waals surface area contributed by atoms with Crippen molar-refractivity contribution in [3.63, 3.8) is 0 Å². The van der Waals surface area contributed by atoms with Crippen molar-refractivity contribution in [2.75, 3.05) is 4.43 Å². The molecule has 74 valence electrons. The molecule has 1 aromatic carbocycles. The van der Waals surface area contributed by atoms with Gasteiger partial charge in [-0.1, -0.05) is 52.9 Å². The van der Waals surface area contributed by atoms with E-state index in [-0.39, 0.29) is 18.0 Å². The van der Waals surface area contributed by atoms with Gasteiger partial charge >= 0.3 is 5.97 Å². The zero-order valence-electron chi connectivity index (χ0n) is 7.65. The Hall–Kier alpha value is -0.580. The van der Waals surface area contributed by atoms with Gasteiger partial charge in [0.1, 0.15) is 6.10 Å². The van der Waals surface area contributed by atoms with Crippen molar-refractivity contribution in [3.05, 3.63) is 35.9 Å². The summed E-state index contributed by atoms with van der Waals surface area (Å²) in [6.07, 6.45) is 0.586. The van der Waals surface area contributed by atoms with Crippen LogP contribution in [0, 0.1) is 0 Å². The Morgan fingerprint density at radius 1 is 1.36 bits per heavy atom. The standard InChI is InChI=1S/C11H11IO2/c12-7-10-9(6-11(13)14-10)8-4-2-1-3-5-8/h1-5,9-10H,6-7H2/t9-,10+/m0/s1. The van der Waals surface area contributed by atoms with Gasteiger partial charge in [0.25, 0.3) is 0 Å². The molecule has 14 heavy (non-hydrogen) atoms. The third kappa shape index (κ3) is 1.92. The number of ether oxygens (including phenoxy) is 1. The molecule has 0 amide bonds. The Morgan fingerprint density at radius 3 is 2.71 bits per heavy atom. The molecule has 0 saturated carbocycles. The number of hydrogen-bond acceptors (Lipinski definition) is 2. The summed E-state index contributed by atoms with van der Waals surface area (Å²) < 4.78 is 6.10. The molecule has 0 radical (unpaired) electrons. The van der Waals surface area contributed by atoms with Gasteiger partial charge in [-0.05, 0) is 5.56 Å². The number of benzene rings is 1. The summed E-state index contributed by atoms with van der Waals surface area (Å²) in [5, 5.41) is 0. The third-order valence-electron chi connectivity index (χ3n) is 2.50. The van der Waals surface area contributed by atoms with Crippen LogP contribution in [0.15, 0.2) is 30.3 Å². The van der Waals surface area contributed by atoms with Crippen LogP contribution in [0.2, 0.25) is 0 Å². The molecule has 2 nitrogen and oxygen atoms in total. The van der Waals surface area contributed by atoms with E-state index >= 15 is 0 Å². The maximum atomic E-state index is 11.2. The normalized spacial score (nSPS) is 26.2. The van der Waals surface area contributed by atoms with Gasteiger partial charge in [0.2, 0.25) is 0 Å². The molecule has 2 atom stereocenters. The first-order valence-electron chi connectivity index (χ1n) is 4.61. The van der Waals surface area contributed by atoms with Gasteiger partial charge in [-0.3, -0.25) is 4.79 Å². The van der Waals surface area contributed by atoms with Crippen molar-refractivity contribution in [2.24, 2.45) is 0 Å². The smallest absolute Gasteiger partial charge is 0.306 e. The van der Waals surface area contributed by atoms with Gasteiger partial charge < -0.3 is 4.74 Å². The second-order valence-corrected chi connectivity index (χ2v) is 4.28. The highest BCUT2D eigenvalue weighted by Gasteiger charge is 2.34. The molecule has 0 aliphatic carbocycles. The van der Waals surface area contributed by atoms with Gasteiger partial charge in [0, 0.05) is 10.3 Å². The topological polar surface area (TPSA) is 26.3 Å². The van der Waals surface area contributed by atoms with Gasteiger partial charge in [-0.25, -0.2) is 0 Å². The van der Waals surface area contributed by atoms with E-state index < -0.39 is 0 Å². The Morgan fingerprint density at radius 2 is 2.07 bits per heavy atom. The van der Waals surface area contributed by atoms with E-state index in [2.05, 4.69) is 34.7 Å². The highest BCUT2D eigenvalue weighted by molar-refractivity contribution is 14.1. The fourth-order valence-electron chi connectivity index (χ4n) is 1.78. The fraction of sp³-hybridized carbons (Fsp3) is 0.364. The van der Waals surface area contributed by atoms with E-state index in [0.29, 0.717) is 6.42 Å². The average molecular weight is 302 g/mol. The first kappa shape index (κ1) is 9.96. The molecule has 1 aliphatic rings. The fourth-order valence-corrected chi connectivity index (χ4v) is 2.58. The third-order valence-corrected chi connectivity index (χ3v) is 3.37. The van der Waals surface area contributed by atoms with E-state index in [1.54, 1.807) is 0 Å². The number of cyclic esters (lactones) is 1. The first-order chi connectivity index (χ1) is 6.81. The van der Waals surface area contributed by atoms with Crippen LogP contribution in [0.3, 0.4) is 0 Å². The molecule has 3 heteroatoms. The zero-order chi connectivity index (χ0) is 9.97. The number of esters is 1. The van der Waals surface area contributed by atoms with E-state index in [1.165, 1.54) is 5.56 Å². The number of carbonyl (C=O) groups is 1. The minimum atomic E-state index is -0.0690. The molecule has 0 N–H and O–H groups in total. The van der Waals surface area contributed by atoms with Crippen LogP contribution in [0.4, 0.5) is 0 Å². The lowest BCUT2D eigenvalue weighted by Gasteiger charge is -2.14. The van der Waals surface area contributed by atoms with Crippen LogP contribution in [-0.2, 0) is 9.53 Å². The van der Waals surface area contributed by atoms with Crippen molar-refractivity contribution in [2.45, 2.75) is 18.4 Å².